The maximum atomic E-state index is 12.2. The highest BCUT2D eigenvalue weighted by atomic mass is 16.3. The van der Waals surface area contributed by atoms with Crippen LogP contribution in [0.3, 0.4) is 0 Å². The van der Waals surface area contributed by atoms with Gasteiger partial charge in [-0.3, -0.25) is 59.3 Å². The molecular weight excluding hydrogens is 1860 g/mol. The molecule has 0 atom stereocenters. The van der Waals surface area contributed by atoms with Gasteiger partial charge in [0.05, 0.1) is 5.56 Å². The molecule has 0 radical (unpaired) electrons. The Bertz CT molecular complexity index is 7530. The van der Waals surface area contributed by atoms with E-state index in [0.29, 0.717) is 69.7 Å². The predicted molar refractivity (Wildman–Crippen MR) is 586 cm³/mol. The number of hydrogen-bond acceptors (Lipinski definition) is 25. The number of aromatic amines is 5. The Morgan fingerprint density at radius 2 is 0.804 bits per heavy atom. The third-order valence-electron chi connectivity index (χ3n) is 29.1. The van der Waals surface area contributed by atoms with Crippen molar-refractivity contribution in [2.75, 3.05) is 106 Å². The average Bonchev–Trinajstić information content (AvgIpc) is 1.10. The summed E-state index contributed by atoms with van der Waals surface area (Å²) in [6.07, 6.45) is 18.4. The molecule has 0 amide bonds. The van der Waals surface area contributed by atoms with Crippen molar-refractivity contribution in [1.29, 1.82) is 0 Å². The summed E-state index contributed by atoms with van der Waals surface area (Å²) in [4.78, 5) is 113. The van der Waals surface area contributed by atoms with E-state index in [4.69, 9.17) is 24.4 Å². The van der Waals surface area contributed by atoms with Crippen molar-refractivity contribution < 1.29 is 4.42 Å². The molecule has 4 saturated carbocycles. The van der Waals surface area contributed by atoms with E-state index in [9.17, 15) is 24.0 Å². The first-order chi connectivity index (χ1) is 71.0. The van der Waals surface area contributed by atoms with Gasteiger partial charge in [0.2, 0.25) is 29.7 Å². The lowest BCUT2D eigenvalue weighted by molar-refractivity contribution is -0.00930. The fourth-order valence-electron chi connectivity index (χ4n) is 21.6. The van der Waals surface area contributed by atoms with Crippen molar-refractivity contribution >= 4 is 58.0 Å². The molecule has 35 heteroatoms. The van der Waals surface area contributed by atoms with Gasteiger partial charge in [0, 0.05) is 142 Å². The van der Waals surface area contributed by atoms with Crippen LogP contribution in [0.15, 0.2) is 192 Å². The quantitative estimate of drug-likeness (QED) is 0.0186. The Hall–Kier alpha value is -14.0. The molecule has 5 aromatic carbocycles. The maximum absolute atomic E-state index is 12.2. The lowest BCUT2D eigenvalue weighted by Crippen LogP contribution is -2.49. The Kier molecular flexibility index (Phi) is 31.6. The topological polar surface area (TPSA) is 410 Å². The number of anilines is 5. The second-order valence-electron chi connectivity index (χ2n) is 45.3. The number of nitrogens with one attached hydrogen (secondary N) is 11. The molecule has 16 aromatic rings. The van der Waals surface area contributed by atoms with Crippen LogP contribution in [0, 0.1) is 24.7 Å². The lowest BCUT2D eigenvalue weighted by Gasteiger charge is -2.55. The molecule has 35 nitrogen and oxygen atoms in total. The van der Waals surface area contributed by atoms with Crippen LogP contribution in [0.4, 0.5) is 29.7 Å². The number of rotatable bonds is 30. The number of unbranched alkanes of at least 4 members (excludes halogenated alkanes) is 1. The van der Waals surface area contributed by atoms with Gasteiger partial charge >= 0.3 is 0 Å². The van der Waals surface area contributed by atoms with Crippen molar-refractivity contribution in [2.45, 2.75) is 252 Å². The van der Waals surface area contributed by atoms with Crippen LogP contribution in [0.25, 0.3) is 51.0 Å². The van der Waals surface area contributed by atoms with E-state index in [0.717, 1.165) is 220 Å². The number of hydrogen-bond donors (Lipinski definition) is 11. The third kappa shape index (κ3) is 25.5. The van der Waals surface area contributed by atoms with Gasteiger partial charge in [0.25, 0.3) is 27.8 Å². The van der Waals surface area contributed by atoms with Crippen LogP contribution >= 0.6 is 0 Å². The number of aryl methyl sites for hydroxylation is 1. The molecule has 11 aromatic heterocycles. The van der Waals surface area contributed by atoms with E-state index >= 15 is 0 Å². The predicted octanol–water partition coefficient (Wildman–Crippen LogP) is 16.4. The van der Waals surface area contributed by atoms with Gasteiger partial charge in [-0.2, -0.15) is 24.9 Å². The van der Waals surface area contributed by atoms with Crippen molar-refractivity contribution in [3.63, 3.8) is 0 Å². The van der Waals surface area contributed by atoms with E-state index in [1.165, 1.54) is 107 Å². The summed E-state index contributed by atoms with van der Waals surface area (Å²) in [6.45, 7) is 42.3. The first-order valence-electron chi connectivity index (χ1n) is 53.1. The van der Waals surface area contributed by atoms with Crippen LogP contribution in [-0.4, -0.2) is 198 Å². The molecule has 780 valence electrons. The van der Waals surface area contributed by atoms with Gasteiger partial charge in [0.15, 0.2) is 39.9 Å². The summed E-state index contributed by atoms with van der Waals surface area (Å²) < 4.78 is 14.2. The fraction of sp³-hybridized carbons (Fsp3) is 0.478. The van der Waals surface area contributed by atoms with Crippen molar-refractivity contribution in [3.8, 4) is 22.8 Å². The van der Waals surface area contributed by atoms with Gasteiger partial charge in [0.1, 0.15) is 29.0 Å². The number of aromatic nitrogens is 20. The molecule has 0 unspecified atom stereocenters. The fourth-order valence-corrected chi connectivity index (χ4v) is 21.6. The summed E-state index contributed by atoms with van der Waals surface area (Å²) in [5, 5.41) is 34.6. The van der Waals surface area contributed by atoms with E-state index in [1.54, 1.807) is 28.6 Å². The Balaban J connectivity index is 0.000000123. The SMILES string of the molecule is CC(C)(C)c1nc(NCCCN2CCc3ccccc3C2)n2[nH]c(=O)cc2n1.CCCCNc1nc(C(C)(C)C)nc2cc(=O)[nH]n12.CN(CCCNc1nc(-c2ccc(C(C)(C)C)cc2)nc2cc(=O)[nH]n12)Cc1ccccc1.Cc1oc(C(C)(C)C)cc1-c1nc(NCCCNC2Cc3ccccc3C2)n2[nH]c(=O)cc2n1.O=c1cc2nc(C34CC5CC(CC(C5)C3)C4)nc(NCCCN3CCc4ccccc4C3)n2[nH]1. The zero-order chi connectivity index (χ0) is 104. The summed E-state index contributed by atoms with van der Waals surface area (Å²) in [7, 11) is 2.12. The first kappa shape index (κ1) is 104. The second-order valence-corrected chi connectivity index (χ2v) is 45.3. The molecule has 0 spiro atoms. The zero-order valence-electron chi connectivity index (χ0n) is 88.6. The minimum Gasteiger partial charge on any atom is -0.465 e. The summed E-state index contributed by atoms with van der Waals surface area (Å²) in [6, 6.07) is 55.0. The first-order valence-corrected chi connectivity index (χ1v) is 53.1. The van der Waals surface area contributed by atoms with Crippen LogP contribution in [0.2, 0.25) is 0 Å². The second kappa shape index (κ2) is 45.0. The third-order valence-corrected chi connectivity index (χ3v) is 29.1. The number of benzene rings is 5. The number of furan rings is 1. The van der Waals surface area contributed by atoms with Crippen molar-refractivity contribution in [3.05, 3.63) is 289 Å². The molecule has 13 heterocycles. The zero-order valence-corrected chi connectivity index (χ0v) is 88.6. The average molecular weight is 2010 g/mol. The van der Waals surface area contributed by atoms with E-state index in [2.05, 4.69) is 308 Å². The molecule has 7 aliphatic rings. The van der Waals surface area contributed by atoms with Gasteiger partial charge in [-0.15, -0.1) is 0 Å². The van der Waals surface area contributed by atoms with Gasteiger partial charge in [-0.05, 0) is 197 Å². The molecule has 4 bridgehead atoms. The number of nitrogens with zero attached hydrogens (tertiary/aromatic N) is 18. The molecule has 23 rings (SSSR count). The van der Waals surface area contributed by atoms with Crippen LogP contribution in [0.5, 0.6) is 0 Å². The Morgan fingerprint density at radius 3 is 1.25 bits per heavy atom. The largest absolute Gasteiger partial charge is 0.465 e. The summed E-state index contributed by atoms with van der Waals surface area (Å²) in [5.41, 5.74) is 14.9. The van der Waals surface area contributed by atoms with E-state index < -0.39 is 0 Å². The monoisotopic (exact) mass is 2010 g/mol. The van der Waals surface area contributed by atoms with Gasteiger partial charge in [-0.1, -0.05) is 224 Å². The van der Waals surface area contributed by atoms with E-state index in [1.807, 2.05) is 31.2 Å². The standard InChI is InChI=1S/C27H34N6O.C26H32N6O2.C26H32N6O.C21H28N6O.C13H21N5O/c34-24-13-23-29-25(27-14-18-10-19(15-27)12-20(11-18)16-27)30-26(33(23)31-24)28-7-3-8-32-9-6-21-4-1-2-5-22(21)17-32;1-16-20(14-21(34-16)26(2,3)4)24-29-22-15-23(33)31-32(22)25(30-24)28-11-7-10-27-19-12-17-8-5-6-9-18(17)13-19;1-26(2,3)21-13-11-20(12-14-21)24-28-22-17-23(33)30-32(22)25(29-24)27-15-8-16-31(4)18-19-9-6-5-7-10-19;1-21(2,3)19-23-17-13-18(28)25-27(17)20(24-19)22-10-6-11-26-12-9-15-7-4-5-8-16(15)14-26;1-5-6-7-14-12-16-11(13(2,3)4)15-9-8-10(19)17-18(9)12/h1-2,4-5,13,18-20H,3,6-12,14-17H2,(H,31,34)(H,28,29,30);5-6,8-9,14-15,19,27H,7,10-13H2,1-4H3,(H,31,33)(H,28,29,30);5-7,9-14,17H,8,15-16,18H2,1-4H3,(H,30,33)(H,27,28,29);4-5,7-8,13H,6,9-12,14H2,1-3H3,(H,25,28)(H,22,23,24);8H,5-7H2,1-4H3,(H,17,19)(H,14,15,16). The highest BCUT2D eigenvalue weighted by Gasteiger charge is 2.53. The van der Waals surface area contributed by atoms with Crippen LogP contribution in [0.1, 0.15) is 241 Å². The lowest BCUT2D eigenvalue weighted by atomic mass is 9.49. The van der Waals surface area contributed by atoms with Gasteiger partial charge in [-0.25, -0.2) is 47.5 Å². The number of H-pyrrole nitrogens is 5. The maximum Gasteiger partial charge on any atom is 0.266 e. The van der Waals surface area contributed by atoms with E-state index in [-0.39, 0.29) is 54.9 Å². The van der Waals surface area contributed by atoms with Crippen LogP contribution < -0.4 is 59.7 Å². The minimum atomic E-state index is -0.212. The Morgan fingerprint density at radius 1 is 0.405 bits per heavy atom. The smallest absolute Gasteiger partial charge is 0.266 e. The molecule has 11 N–H and O–H groups in total. The normalized spacial score (nSPS) is 17.2. The summed E-state index contributed by atoms with van der Waals surface area (Å²) in [5.74, 6) is 10.9. The highest BCUT2D eigenvalue weighted by Crippen LogP contribution is 2.60. The van der Waals surface area contributed by atoms with Crippen molar-refractivity contribution in [2.24, 2.45) is 17.8 Å². The summed E-state index contributed by atoms with van der Waals surface area (Å²) >= 11 is 0. The van der Waals surface area contributed by atoms with Crippen LogP contribution in [-0.2, 0) is 72.4 Å². The van der Waals surface area contributed by atoms with Crippen molar-refractivity contribution in [1.82, 2.24) is 118 Å². The Labute approximate surface area is 863 Å². The molecule has 0 saturated heterocycles. The molecule has 148 heavy (non-hydrogen) atoms. The minimum absolute atomic E-state index is 0.0810. The van der Waals surface area contributed by atoms with Gasteiger partial charge < -0.3 is 41.2 Å². The molecular formula is C113H147N29O6. The molecule has 4 fully saturated rings. The highest BCUT2D eigenvalue weighted by molar-refractivity contribution is 5.64. The molecule has 5 aliphatic carbocycles. The number of fused-ring (bicyclic) bond motifs is 8. The molecule has 2 aliphatic heterocycles.